The molecule has 0 radical (unpaired) electrons. The van der Waals surface area contributed by atoms with E-state index in [1.54, 1.807) is 31.2 Å². The second-order valence-corrected chi connectivity index (χ2v) is 5.96. The Morgan fingerprint density at radius 3 is 2.65 bits per heavy atom. The summed E-state index contributed by atoms with van der Waals surface area (Å²) in [6.45, 7) is 1.91. The topological polar surface area (TPSA) is 77.5 Å². The summed E-state index contributed by atoms with van der Waals surface area (Å²) in [5, 5.41) is 3.62. The van der Waals surface area contributed by atoms with Crippen LogP contribution in [0.25, 0.3) is 0 Å². The lowest BCUT2D eigenvalue weighted by atomic mass is 10.3. The van der Waals surface area contributed by atoms with Crippen molar-refractivity contribution in [1.29, 1.82) is 0 Å². The molecule has 0 saturated heterocycles. The summed E-state index contributed by atoms with van der Waals surface area (Å²) < 4.78 is 10.1. The summed E-state index contributed by atoms with van der Waals surface area (Å²) in [6, 6.07) is 6.88. The number of aromatic nitrogens is 1. The number of thiazole rings is 1. The van der Waals surface area contributed by atoms with Crippen LogP contribution in [0.15, 0.2) is 24.3 Å². The summed E-state index contributed by atoms with van der Waals surface area (Å²) >= 11 is 6.85. The number of hydrogen-bond donors (Lipinski definition) is 1. The SMILES string of the molecule is COC(=O)c1sc(NC(=O)CCOc2ccc(Cl)cc2)nc1C. The number of carbonyl (C=O) groups is 2. The second-order valence-electron chi connectivity index (χ2n) is 4.53. The van der Waals surface area contributed by atoms with Gasteiger partial charge in [0.1, 0.15) is 10.6 Å². The van der Waals surface area contributed by atoms with Gasteiger partial charge in [-0.15, -0.1) is 0 Å². The van der Waals surface area contributed by atoms with Gasteiger partial charge in [0.25, 0.3) is 0 Å². The number of amides is 1. The highest BCUT2D eigenvalue weighted by Gasteiger charge is 2.16. The Hall–Kier alpha value is -2.12. The van der Waals surface area contributed by atoms with Crippen LogP contribution < -0.4 is 10.1 Å². The molecule has 2 aromatic rings. The maximum Gasteiger partial charge on any atom is 0.350 e. The summed E-state index contributed by atoms with van der Waals surface area (Å²) in [6.07, 6.45) is 0.162. The van der Waals surface area contributed by atoms with Gasteiger partial charge < -0.3 is 14.8 Å². The molecule has 0 saturated carbocycles. The predicted octanol–water partition coefficient (Wildman–Crippen LogP) is 3.30. The van der Waals surface area contributed by atoms with Gasteiger partial charge in [-0.1, -0.05) is 22.9 Å². The monoisotopic (exact) mass is 354 g/mol. The van der Waals surface area contributed by atoms with Crippen LogP contribution in [0.5, 0.6) is 5.75 Å². The van der Waals surface area contributed by atoms with Crippen molar-refractivity contribution in [3.05, 3.63) is 39.9 Å². The van der Waals surface area contributed by atoms with Crippen LogP contribution in [0.1, 0.15) is 21.8 Å². The fraction of sp³-hybridized carbons (Fsp3) is 0.267. The maximum absolute atomic E-state index is 11.9. The molecule has 1 N–H and O–H groups in total. The smallest absolute Gasteiger partial charge is 0.350 e. The number of esters is 1. The third-order valence-electron chi connectivity index (χ3n) is 2.83. The number of carbonyl (C=O) groups excluding carboxylic acids is 2. The van der Waals surface area contributed by atoms with Crippen molar-refractivity contribution in [3.63, 3.8) is 0 Å². The molecule has 122 valence electrons. The summed E-state index contributed by atoms with van der Waals surface area (Å²) in [5.74, 6) is -0.0732. The molecule has 1 aromatic heterocycles. The lowest BCUT2D eigenvalue weighted by Crippen LogP contribution is -2.15. The molecule has 0 aliphatic heterocycles. The third kappa shape index (κ3) is 4.94. The van der Waals surface area contributed by atoms with Gasteiger partial charge in [0.2, 0.25) is 5.91 Å². The van der Waals surface area contributed by atoms with E-state index in [1.165, 1.54) is 7.11 Å². The number of hydrogen-bond acceptors (Lipinski definition) is 6. The molecule has 1 heterocycles. The summed E-state index contributed by atoms with van der Waals surface area (Å²) in [4.78, 5) is 27.8. The highest BCUT2D eigenvalue weighted by atomic mass is 35.5. The molecule has 0 bridgehead atoms. The highest BCUT2D eigenvalue weighted by molar-refractivity contribution is 7.17. The quantitative estimate of drug-likeness (QED) is 0.805. The van der Waals surface area contributed by atoms with Crippen molar-refractivity contribution in [1.82, 2.24) is 4.98 Å². The normalized spacial score (nSPS) is 10.2. The molecule has 1 amide bonds. The van der Waals surface area contributed by atoms with Gasteiger partial charge in [-0.2, -0.15) is 0 Å². The van der Waals surface area contributed by atoms with Crippen molar-refractivity contribution in [2.75, 3.05) is 19.0 Å². The number of nitrogens with one attached hydrogen (secondary N) is 1. The zero-order valence-electron chi connectivity index (χ0n) is 12.6. The fourth-order valence-corrected chi connectivity index (χ4v) is 2.73. The predicted molar refractivity (Wildman–Crippen MR) is 88.4 cm³/mol. The van der Waals surface area contributed by atoms with Gasteiger partial charge in [-0.25, -0.2) is 9.78 Å². The van der Waals surface area contributed by atoms with Crippen molar-refractivity contribution >= 4 is 39.9 Å². The number of anilines is 1. The first kappa shape index (κ1) is 17.2. The fourth-order valence-electron chi connectivity index (χ4n) is 1.71. The molecular formula is C15H15ClN2O4S. The van der Waals surface area contributed by atoms with Crippen molar-refractivity contribution in [3.8, 4) is 5.75 Å². The Bertz CT molecular complexity index is 700. The Morgan fingerprint density at radius 2 is 2.00 bits per heavy atom. The third-order valence-corrected chi connectivity index (χ3v) is 4.13. The Labute approximate surface area is 142 Å². The number of ether oxygens (including phenoxy) is 2. The number of rotatable bonds is 6. The first-order chi connectivity index (χ1) is 11.0. The lowest BCUT2D eigenvalue weighted by Gasteiger charge is -2.05. The van der Waals surface area contributed by atoms with E-state index in [-0.39, 0.29) is 18.9 Å². The molecule has 0 fully saturated rings. The number of halogens is 1. The van der Waals surface area contributed by atoms with Crippen LogP contribution in [0.2, 0.25) is 5.02 Å². The minimum atomic E-state index is -0.466. The molecule has 23 heavy (non-hydrogen) atoms. The second kappa shape index (κ2) is 7.94. The molecule has 6 nitrogen and oxygen atoms in total. The van der Waals surface area contributed by atoms with E-state index < -0.39 is 5.97 Å². The lowest BCUT2D eigenvalue weighted by molar-refractivity contribution is -0.116. The maximum atomic E-state index is 11.9. The van der Waals surface area contributed by atoms with Crippen molar-refractivity contribution in [2.24, 2.45) is 0 Å². The van der Waals surface area contributed by atoms with E-state index in [0.29, 0.717) is 26.5 Å². The molecular weight excluding hydrogens is 340 g/mol. The number of nitrogens with zero attached hydrogens (tertiary/aromatic N) is 1. The molecule has 0 unspecified atom stereocenters. The van der Waals surface area contributed by atoms with E-state index >= 15 is 0 Å². The van der Waals surface area contributed by atoms with Crippen LogP contribution in [-0.2, 0) is 9.53 Å². The Morgan fingerprint density at radius 1 is 1.30 bits per heavy atom. The molecule has 2 rings (SSSR count). The van der Waals surface area contributed by atoms with Crippen LogP contribution >= 0.6 is 22.9 Å². The van der Waals surface area contributed by atoms with E-state index in [0.717, 1.165) is 11.3 Å². The van der Waals surface area contributed by atoms with Gasteiger partial charge in [-0.05, 0) is 31.2 Å². The van der Waals surface area contributed by atoms with Gasteiger partial charge in [-0.3, -0.25) is 4.79 Å². The van der Waals surface area contributed by atoms with E-state index in [4.69, 9.17) is 16.3 Å². The van der Waals surface area contributed by atoms with Crippen LogP contribution in [0, 0.1) is 6.92 Å². The first-order valence-electron chi connectivity index (χ1n) is 6.73. The van der Waals surface area contributed by atoms with Crippen LogP contribution in [-0.4, -0.2) is 30.6 Å². The van der Waals surface area contributed by atoms with Crippen molar-refractivity contribution < 1.29 is 19.1 Å². The zero-order valence-corrected chi connectivity index (χ0v) is 14.2. The molecule has 1 aromatic carbocycles. The van der Waals surface area contributed by atoms with E-state index in [9.17, 15) is 9.59 Å². The standard InChI is InChI=1S/C15H15ClN2O4S/c1-9-13(14(20)21-2)23-15(17-9)18-12(19)7-8-22-11-5-3-10(16)4-6-11/h3-6H,7-8H2,1-2H3,(H,17,18,19). The minimum Gasteiger partial charge on any atom is -0.493 e. The average molecular weight is 355 g/mol. The Balaban J connectivity index is 1.83. The highest BCUT2D eigenvalue weighted by Crippen LogP contribution is 2.23. The van der Waals surface area contributed by atoms with Gasteiger partial charge in [0, 0.05) is 5.02 Å². The number of aryl methyl sites for hydroxylation is 1. The van der Waals surface area contributed by atoms with E-state index in [2.05, 4.69) is 15.0 Å². The largest absolute Gasteiger partial charge is 0.493 e. The van der Waals surface area contributed by atoms with Crippen LogP contribution in [0.3, 0.4) is 0 Å². The number of benzene rings is 1. The average Bonchev–Trinajstić information content (AvgIpc) is 2.89. The molecule has 8 heteroatoms. The van der Waals surface area contributed by atoms with E-state index in [1.807, 2.05) is 0 Å². The summed E-state index contributed by atoms with van der Waals surface area (Å²) in [5.41, 5.74) is 0.523. The zero-order chi connectivity index (χ0) is 16.8. The first-order valence-corrected chi connectivity index (χ1v) is 7.93. The molecule has 0 spiro atoms. The minimum absolute atomic E-state index is 0.162. The number of methoxy groups -OCH3 is 1. The van der Waals surface area contributed by atoms with Gasteiger partial charge in [0.15, 0.2) is 5.13 Å². The molecule has 0 aliphatic carbocycles. The molecule has 0 aliphatic rings. The van der Waals surface area contributed by atoms with Crippen LogP contribution in [0.4, 0.5) is 5.13 Å². The summed E-state index contributed by atoms with van der Waals surface area (Å²) in [7, 11) is 1.30. The van der Waals surface area contributed by atoms with Crippen molar-refractivity contribution in [2.45, 2.75) is 13.3 Å². The molecule has 0 atom stereocenters. The van der Waals surface area contributed by atoms with Gasteiger partial charge in [0.05, 0.1) is 25.8 Å². The van der Waals surface area contributed by atoms with Gasteiger partial charge >= 0.3 is 5.97 Å². The Kier molecular flexibility index (Phi) is 5.95.